The van der Waals surface area contributed by atoms with Gasteiger partial charge in [0, 0.05) is 22.1 Å². The summed E-state index contributed by atoms with van der Waals surface area (Å²) in [6.45, 7) is 13.1. The predicted octanol–water partition coefficient (Wildman–Crippen LogP) is 4.70. The molecule has 0 spiro atoms. The third-order valence-corrected chi connectivity index (χ3v) is 4.10. The van der Waals surface area contributed by atoms with E-state index < -0.39 is 0 Å². The highest BCUT2D eigenvalue weighted by atomic mass is 16.5. The van der Waals surface area contributed by atoms with Crippen LogP contribution in [-0.4, -0.2) is 31.3 Å². The maximum Gasteiger partial charge on any atom is 0.203 e. The van der Waals surface area contributed by atoms with Crippen LogP contribution in [0.4, 0.5) is 0 Å². The molecule has 0 saturated carbocycles. The van der Waals surface area contributed by atoms with Crippen LogP contribution in [-0.2, 0) is 10.8 Å². The van der Waals surface area contributed by atoms with Crippen LogP contribution in [0.3, 0.4) is 0 Å². The van der Waals surface area contributed by atoms with Gasteiger partial charge in [0.05, 0.1) is 27.0 Å². The number of hydrogen-bond donors (Lipinski definition) is 1. The lowest BCUT2D eigenvalue weighted by Crippen LogP contribution is -2.21. The average molecular weight is 346 g/mol. The van der Waals surface area contributed by atoms with Crippen LogP contribution < -0.4 is 14.2 Å². The molecule has 1 heterocycles. The van der Waals surface area contributed by atoms with E-state index in [0.717, 1.165) is 22.8 Å². The lowest BCUT2D eigenvalue weighted by atomic mass is 9.82. The quantitative estimate of drug-likeness (QED) is 0.872. The summed E-state index contributed by atoms with van der Waals surface area (Å²) in [5, 5.41) is 0. The van der Waals surface area contributed by atoms with Crippen molar-refractivity contribution in [3.05, 3.63) is 23.5 Å². The summed E-state index contributed by atoms with van der Waals surface area (Å²) in [6, 6.07) is 3.83. The number of nitrogens with one attached hydrogen (secondary N) is 1. The molecule has 5 heteroatoms. The van der Waals surface area contributed by atoms with Gasteiger partial charge in [-0.05, 0) is 12.1 Å². The summed E-state index contributed by atoms with van der Waals surface area (Å²) in [5.74, 6) is 2.60. The van der Waals surface area contributed by atoms with Crippen molar-refractivity contribution >= 4 is 0 Å². The largest absolute Gasteiger partial charge is 0.493 e. The Hall–Kier alpha value is -2.17. The Labute approximate surface area is 150 Å². The number of ether oxygens (including phenoxy) is 3. The minimum Gasteiger partial charge on any atom is -0.493 e. The van der Waals surface area contributed by atoms with Gasteiger partial charge in [0.25, 0.3) is 0 Å². The third kappa shape index (κ3) is 3.75. The minimum atomic E-state index is -0.0575. The van der Waals surface area contributed by atoms with Crippen LogP contribution in [0.5, 0.6) is 17.2 Å². The molecule has 25 heavy (non-hydrogen) atoms. The molecule has 0 bridgehead atoms. The summed E-state index contributed by atoms with van der Waals surface area (Å²) in [4.78, 5) is 8.44. The Morgan fingerprint density at radius 2 is 1.32 bits per heavy atom. The summed E-state index contributed by atoms with van der Waals surface area (Å²) < 4.78 is 16.3. The van der Waals surface area contributed by atoms with Gasteiger partial charge in [0.2, 0.25) is 5.75 Å². The number of benzene rings is 1. The highest BCUT2D eigenvalue weighted by Crippen LogP contribution is 2.42. The first-order chi connectivity index (χ1) is 11.5. The molecule has 0 atom stereocenters. The molecule has 1 aromatic heterocycles. The molecule has 0 amide bonds. The van der Waals surface area contributed by atoms with Crippen LogP contribution in [0.15, 0.2) is 12.1 Å². The fourth-order valence-corrected chi connectivity index (χ4v) is 2.81. The third-order valence-electron chi connectivity index (χ3n) is 4.10. The molecule has 5 nitrogen and oxygen atoms in total. The van der Waals surface area contributed by atoms with Gasteiger partial charge >= 0.3 is 0 Å². The van der Waals surface area contributed by atoms with E-state index in [1.54, 1.807) is 21.3 Å². The number of imidazole rings is 1. The molecule has 0 aliphatic heterocycles. The zero-order valence-electron chi connectivity index (χ0n) is 16.8. The first kappa shape index (κ1) is 19.2. The van der Waals surface area contributed by atoms with Gasteiger partial charge in [-0.15, -0.1) is 0 Å². The summed E-state index contributed by atoms with van der Waals surface area (Å²) in [6.07, 6.45) is 0. The van der Waals surface area contributed by atoms with Gasteiger partial charge in [-0.25, -0.2) is 4.98 Å². The van der Waals surface area contributed by atoms with E-state index >= 15 is 0 Å². The maximum atomic E-state index is 5.47. The van der Waals surface area contributed by atoms with Crippen molar-refractivity contribution in [2.75, 3.05) is 21.3 Å². The Morgan fingerprint density at radius 3 is 1.64 bits per heavy atom. The first-order valence-electron chi connectivity index (χ1n) is 8.44. The fourth-order valence-electron chi connectivity index (χ4n) is 2.81. The predicted molar refractivity (Wildman–Crippen MR) is 101 cm³/mol. The molecule has 2 rings (SSSR count). The summed E-state index contributed by atoms with van der Waals surface area (Å²) in [7, 11) is 4.83. The normalized spacial score (nSPS) is 12.2. The molecule has 138 valence electrons. The van der Waals surface area contributed by atoms with E-state index in [1.807, 2.05) is 12.1 Å². The number of methoxy groups -OCH3 is 3. The molecular formula is C20H30N2O3. The van der Waals surface area contributed by atoms with Crippen LogP contribution >= 0.6 is 0 Å². The minimum absolute atomic E-state index is 0.0332. The van der Waals surface area contributed by atoms with E-state index in [0.29, 0.717) is 17.2 Å². The topological polar surface area (TPSA) is 56.4 Å². The molecule has 0 radical (unpaired) electrons. The van der Waals surface area contributed by atoms with Gasteiger partial charge in [-0.3, -0.25) is 0 Å². The molecule has 0 saturated heterocycles. The van der Waals surface area contributed by atoms with Gasteiger partial charge in [-0.1, -0.05) is 41.5 Å². The maximum absolute atomic E-state index is 5.47. The highest BCUT2D eigenvalue weighted by Gasteiger charge is 2.30. The number of H-pyrrole nitrogens is 1. The first-order valence-corrected chi connectivity index (χ1v) is 8.44. The van der Waals surface area contributed by atoms with Crippen molar-refractivity contribution in [3.63, 3.8) is 0 Å². The van der Waals surface area contributed by atoms with E-state index in [1.165, 1.54) is 0 Å². The Balaban J connectivity index is 2.69. The molecule has 0 fully saturated rings. The standard InChI is InChI=1S/C20H30N2O3/c1-19(2,3)16-17(20(4,5)6)22-18(21-16)12-10-13(23-7)15(25-9)14(11-12)24-8/h10-11H,1-9H3,(H,21,22). The number of aromatic amines is 1. The van der Waals surface area contributed by atoms with Crippen LogP contribution in [0.2, 0.25) is 0 Å². The number of aromatic nitrogens is 2. The van der Waals surface area contributed by atoms with E-state index in [-0.39, 0.29) is 10.8 Å². The molecule has 0 aliphatic carbocycles. The van der Waals surface area contributed by atoms with Crippen molar-refractivity contribution in [1.82, 2.24) is 9.97 Å². The molecule has 0 aliphatic rings. The van der Waals surface area contributed by atoms with E-state index in [2.05, 4.69) is 46.5 Å². The fraction of sp³-hybridized carbons (Fsp3) is 0.550. The monoisotopic (exact) mass is 346 g/mol. The lowest BCUT2D eigenvalue weighted by molar-refractivity contribution is 0.324. The Kier molecular flexibility index (Phi) is 5.07. The zero-order chi connectivity index (χ0) is 19.0. The van der Waals surface area contributed by atoms with Crippen molar-refractivity contribution < 1.29 is 14.2 Å². The molecule has 1 aromatic carbocycles. The van der Waals surface area contributed by atoms with E-state index in [9.17, 15) is 0 Å². The van der Waals surface area contributed by atoms with Gasteiger partial charge in [0.15, 0.2) is 11.5 Å². The number of hydrogen-bond acceptors (Lipinski definition) is 4. The second-order valence-electron chi connectivity index (χ2n) is 8.22. The van der Waals surface area contributed by atoms with Crippen molar-refractivity contribution in [1.29, 1.82) is 0 Å². The Bertz CT molecular complexity index is 693. The van der Waals surface area contributed by atoms with Crippen LogP contribution in [0.1, 0.15) is 52.9 Å². The number of nitrogens with zero attached hydrogens (tertiary/aromatic N) is 1. The molecule has 2 aromatic rings. The lowest BCUT2D eigenvalue weighted by Gasteiger charge is -2.24. The van der Waals surface area contributed by atoms with Crippen molar-refractivity contribution in [3.8, 4) is 28.6 Å². The zero-order valence-corrected chi connectivity index (χ0v) is 16.8. The van der Waals surface area contributed by atoms with Gasteiger partial charge < -0.3 is 19.2 Å². The molecular weight excluding hydrogens is 316 g/mol. The highest BCUT2D eigenvalue weighted by molar-refractivity contribution is 5.67. The van der Waals surface area contributed by atoms with Gasteiger partial charge in [0.1, 0.15) is 5.82 Å². The second kappa shape index (κ2) is 6.62. The smallest absolute Gasteiger partial charge is 0.203 e. The SMILES string of the molecule is COc1cc(-c2nc(C(C)(C)C)c(C(C)(C)C)[nH]2)cc(OC)c1OC. The second-order valence-corrected chi connectivity index (χ2v) is 8.22. The number of rotatable bonds is 4. The van der Waals surface area contributed by atoms with Gasteiger partial charge in [-0.2, -0.15) is 0 Å². The van der Waals surface area contributed by atoms with E-state index in [4.69, 9.17) is 19.2 Å². The van der Waals surface area contributed by atoms with Crippen LogP contribution in [0, 0.1) is 0 Å². The van der Waals surface area contributed by atoms with Crippen molar-refractivity contribution in [2.45, 2.75) is 52.4 Å². The van der Waals surface area contributed by atoms with Crippen molar-refractivity contribution in [2.24, 2.45) is 0 Å². The van der Waals surface area contributed by atoms with Crippen LogP contribution in [0.25, 0.3) is 11.4 Å². The molecule has 1 N–H and O–H groups in total. The average Bonchev–Trinajstić information content (AvgIpc) is 2.99. The summed E-state index contributed by atoms with van der Waals surface area (Å²) in [5.41, 5.74) is 3.02. The Morgan fingerprint density at radius 1 is 0.800 bits per heavy atom. The summed E-state index contributed by atoms with van der Waals surface area (Å²) >= 11 is 0. The molecule has 0 unspecified atom stereocenters.